The molecule has 4 N–H and O–H groups in total. The lowest BCUT2D eigenvalue weighted by atomic mass is 10.0. The highest BCUT2D eigenvalue weighted by Crippen LogP contribution is 2.13. The Morgan fingerprint density at radius 3 is 2.26 bits per heavy atom. The molecule has 0 aliphatic heterocycles. The Balaban J connectivity index is 2.78. The topological polar surface area (TPSA) is 133 Å². The Morgan fingerprint density at radius 2 is 1.78 bits per heavy atom. The molecule has 1 atom stereocenters. The SMILES string of the molecule is CCCCOC(=O)NC(O)(Cc1ccc(C(=O)O)cc1)C(=O)O. The number of carboxylic acid groups (broad SMARTS) is 2. The van der Waals surface area contributed by atoms with Crippen molar-refractivity contribution in [3.05, 3.63) is 35.4 Å². The first-order valence-electron chi connectivity index (χ1n) is 7.01. The molecule has 0 bridgehead atoms. The van der Waals surface area contributed by atoms with Crippen LogP contribution in [0.3, 0.4) is 0 Å². The fourth-order valence-electron chi connectivity index (χ4n) is 1.75. The van der Waals surface area contributed by atoms with E-state index in [0.29, 0.717) is 12.0 Å². The van der Waals surface area contributed by atoms with Gasteiger partial charge in [0, 0.05) is 6.42 Å². The molecule has 0 fully saturated rings. The predicted octanol–water partition coefficient (Wildman–Crippen LogP) is 1.23. The summed E-state index contributed by atoms with van der Waals surface area (Å²) in [4.78, 5) is 33.5. The fourth-order valence-corrected chi connectivity index (χ4v) is 1.75. The van der Waals surface area contributed by atoms with Crippen LogP contribution in [0.5, 0.6) is 0 Å². The van der Waals surface area contributed by atoms with Crippen LogP contribution in [0.15, 0.2) is 24.3 Å². The van der Waals surface area contributed by atoms with Gasteiger partial charge in [0.15, 0.2) is 0 Å². The minimum Gasteiger partial charge on any atom is -0.478 e. The Morgan fingerprint density at radius 1 is 1.17 bits per heavy atom. The van der Waals surface area contributed by atoms with Crippen molar-refractivity contribution < 1.29 is 34.4 Å². The van der Waals surface area contributed by atoms with Crippen molar-refractivity contribution in [2.45, 2.75) is 31.9 Å². The quantitative estimate of drug-likeness (QED) is 0.417. The molecule has 1 aromatic carbocycles. The number of benzene rings is 1. The molecular formula is C15H19NO7. The van der Waals surface area contributed by atoms with E-state index in [-0.39, 0.29) is 12.2 Å². The van der Waals surface area contributed by atoms with Crippen molar-refractivity contribution in [3.63, 3.8) is 0 Å². The maximum atomic E-state index is 11.5. The summed E-state index contributed by atoms with van der Waals surface area (Å²) in [5.41, 5.74) is -2.18. The van der Waals surface area contributed by atoms with Gasteiger partial charge in [-0.05, 0) is 24.1 Å². The molecule has 1 amide bonds. The Kier molecular flexibility index (Phi) is 6.52. The second-order valence-electron chi connectivity index (χ2n) is 4.96. The second kappa shape index (κ2) is 8.14. The number of amides is 1. The summed E-state index contributed by atoms with van der Waals surface area (Å²) in [6.07, 6.45) is -0.0573. The summed E-state index contributed by atoms with van der Waals surface area (Å²) < 4.78 is 4.77. The Bertz CT molecular complexity index is 570. The van der Waals surface area contributed by atoms with Crippen LogP contribution in [0, 0.1) is 0 Å². The van der Waals surface area contributed by atoms with Gasteiger partial charge >= 0.3 is 18.0 Å². The van der Waals surface area contributed by atoms with E-state index in [4.69, 9.17) is 14.9 Å². The second-order valence-corrected chi connectivity index (χ2v) is 4.96. The first kappa shape index (κ1) is 18.4. The van der Waals surface area contributed by atoms with E-state index in [1.807, 2.05) is 12.2 Å². The number of ether oxygens (including phenoxy) is 1. The van der Waals surface area contributed by atoms with Crippen LogP contribution in [0.4, 0.5) is 4.79 Å². The standard InChI is InChI=1S/C15H19NO7/c1-2-3-8-23-14(21)16-15(22,13(19)20)9-10-4-6-11(7-5-10)12(17)18/h4-7,22H,2-3,8-9H2,1H3,(H,16,21)(H,17,18)(H,19,20). The van der Waals surface area contributed by atoms with Crippen LogP contribution in [0.2, 0.25) is 0 Å². The molecule has 0 aromatic heterocycles. The van der Waals surface area contributed by atoms with E-state index < -0.39 is 30.2 Å². The maximum Gasteiger partial charge on any atom is 0.409 e. The monoisotopic (exact) mass is 325 g/mol. The molecule has 1 rings (SSSR count). The van der Waals surface area contributed by atoms with Crippen molar-refractivity contribution in [1.29, 1.82) is 0 Å². The highest BCUT2D eigenvalue weighted by Gasteiger charge is 2.38. The number of carboxylic acids is 2. The van der Waals surface area contributed by atoms with Crippen molar-refractivity contribution in [3.8, 4) is 0 Å². The Hall–Kier alpha value is -2.61. The highest BCUT2D eigenvalue weighted by molar-refractivity contribution is 5.87. The smallest absolute Gasteiger partial charge is 0.409 e. The summed E-state index contributed by atoms with van der Waals surface area (Å²) >= 11 is 0. The maximum absolute atomic E-state index is 11.5. The average Bonchev–Trinajstić information content (AvgIpc) is 2.47. The summed E-state index contributed by atoms with van der Waals surface area (Å²) in [6, 6.07) is 5.28. The minimum absolute atomic E-state index is 0.0274. The van der Waals surface area contributed by atoms with E-state index in [2.05, 4.69) is 0 Å². The molecule has 126 valence electrons. The normalized spacial score (nSPS) is 13.0. The van der Waals surface area contributed by atoms with E-state index in [1.54, 1.807) is 0 Å². The zero-order valence-corrected chi connectivity index (χ0v) is 12.6. The van der Waals surface area contributed by atoms with Crippen molar-refractivity contribution in [2.24, 2.45) is 0 Å². The number of hydrogen-bond acceptors (Lipinski definition) is 5. The van der Waals surface area contributed by atoms with Gasteiger partial charge < -0.3 is 20.1 Å². The molecule has 0 radical (unpaired) electrons. The molecule has 0 aliphatic rings. The molecule has 0 saturated carbocycles. The van der Waals surface area contributed by atoms with Crippen LogP contribution < -0.4 is 5.32 Å². The number of aromatic carboxylic acids is 1. The third-order valence-electron chi connectivity index (χ3n) is 3.05. The molecule has 1 aromatic rings. The lowest BCUT2D eigenvalue weighted by Crippen LogP contribution is -2.56. The molecule has 0 aliphatic carbocycles. The number of nitrogens with one attached hydrogen (secondary N) is 1. The molecule has 0 spiro atoms. The van der Waals surface area contributed by atoms with Crippen molar-refractivity contribution in [2.75, 3.05) is 6.61 Å². The van der Waals surface area contributed by atoms with Crippen LogP contribution in [-0.2, 0) is 16.0 Å². The van der Waals surface area contributed by atoms with Gasteiger partial charge in [0.1, 0.15) is 0 Å². The highest BCUT2D eigenvalue weighted by atomic mass is 16.6. The number of rotatable bonds is 8. The number of unbranched alkanes of at least 4 members (excludes halogenated alkanes) is 1. The number of aliphatic carboxylic acids is 1. The molecule has 0 heterocycles. The summed E-state index contributed by atoms with van der Waals surface area (Å²) in [7, 11) is 0. The van der Waals surface area contributed by atoms with Gasteiger partial charge in [-0.1, -0.05) is 25.5 Å². The van der Waals surface area contributed by atoms with Gasteiger partial charge in [0.05, 0.1) is 12.2 Å². The molecule has 8 nitrogen and oxygen atoms in total. The van der Waals surface area contributed by atoms with Crippen LogP contribution in [0.25, 0.3) is 0 Å². The zero-order valence-electron chi connectivity index (χ0n) is 12.6. The lowest BCUT2D eigenvalue weighted by Gasteiger charge is -2.24. The Labute approximate surface area is 132 Å². The molecule has 0 saturated heterocycles. The van der Waals surface area contributed by atoms with Crippen molar-refractivity contribution in [1.82, 2.24) is 5.32 Å². The van der Waals surface area contributed by atoms with Gasteiger partial charge in [-0.25, -0.2) is 14.4 Å². The van der Waals surface area contributed by atoms with E-state index in [0.717, 1.165) is 6.42 Å². The minimum atomic E-state index is -2.55. The van der Waals surface area contributed by atoms with Gasteiger partial charge in [0.25, 0.3) is 0 Å². The molecular weight excluding hydrogens is 306 g/mol. The first-order valence-corrected chi connectivity index (χ1v) is 7.01. The van der Waals surface area contributed by atoms with E-state index in [9.17, 15) is 19.5 Å². The molecule has 23 heavy (non-hydrogen) atoms. The third-order valence-corrected chi connectivity index (χ3v) is 3.05. The van der Waals surface area contributed by atoms with E-state index in [1.165, 1.54) is 24.3 Å². The molecule has 1 unspecified atom stereocenters. The van der Waals surface area contributed by atoms with Crippen LogP contribution >= 0.6 is 0 Å². The number of alkyl carbamates (subject to hydrolysis) is 1. The van der Waals surface area contributed by atoms with Crippen LogP contribution in [-0.4, -0.2) is 45.7 Å². The summed E-state index contributed by atoms with van der Waals surface area (Å²) in [5, 5.41) is 30.0. The number of aliphatic hydroxyl groups is 1. The zero-order chi connectivity index (χ0) is 17.5. The largest absolute Gasteiger partial charge is 0.478 e. The van der Waals surface area contributed by atoms with Gasteiger partial charge in [-0.2, -0.15) is 0 Å². The number of carbonyl (C=O) groups is 3. The van der Waals surface area contributed by atoms with Crippen molar-refractivity contribution >= 4 is 18.0 Å². The predicted molar refractivity (Wildman–Crippen MR) is 79.1 cm³/mol. The third kappa shape index (κ3) is 5.59. The van der Waals surface area contributed by atoms with Crippen LogP contribution in [0.1, 0.15) is 35.7 Å². The fraction of sp³-hybridized carbons (Fsp3) is 0.400. The number of hydrogen-bond donors (Lipinski definition) is 4. The first-order chi connectivity index (χ1) is 10.8. The van der Waals surface area contributed by atoms with E-state index >= 15 is 0 Å². The van der Waals surface area contributed by atoms with Gasteiger partial charge in [0.2, 0.25) is 5.72 Å². The lowest BCUT2D eigenvalue weighted by molar-refractivity contribution is -0.161. The summed E-state index contributed by atoms with van der Waals surface area (Å²) in [5.74, 6) is -2.77. The number of carbonyl (C=O) groups excluding carboxylic acids is 1. The van der Waals surface area contributed by atoms with Gasteiger partial charge in [-0.15, -0.1) is 0 Å². The average molecular weight is 325 g/mol. The van der Waals surface area contributed by atoms with Gasteiger partial charge in [-0.3, -0.25) is 5.32 Å². The summed E-state index contributed by atoms with van der Waals surface area (Å²) in [6.45, 7) is 2.01. The molecule has 8 heteroatoms.